The molecule has 20 heavy (non-hydrogen) atoms. The predicted molar refractivity (Wildman–Crippen MR) is 82.9 cm³/mol. The lowest BCUT2D eigenvalue weighted by Gasteiger charge is -2.14. The van der Waals surface area contributed by atoms with Crippen LogP contribution in [0.15, 0.2) is 41.3 Å². The van der Waals surface area contributed by atoms with E-state index in [1.54, 1.807) is 12.1 Å². The minimum atomic E-state index is -3.63. The summed E-state index contributed by atoms with van der Waals surface area (Å²) in [5.74, 6) is 0. The van der Waals surface area contributed by atoms with E-state index < -0.39 is 10.0 Å². The summed E-state index contributed by atoms with van der Waals surface area (Å²) in [5, 5.41) is 0.394. The predicted octanol–water partition coefficient (Wildman–Crippen LogP) is 4.07. The Labute approximate surface area is 124 Å². The van der Waals surface area contributed by atoms with E-state index in [0.717, 1.165) is 16.7 Å². The van der Waals surface area contributed by atoms with Crippen LogP contribution < -0.4 is 4.72 Å². The molecule has 0 atom stereocenters. The molecule has 2 aromatic rings. The zero-order chi connectivity index (χ0) is 14.9. The zero-order valence-corrected chi connectivity index (χ0v) is 13.1. The molecule has 0 aliphatic heterocycles. The molecule has 2 rings (SSSR count). The van der Waals surface area contributed by atoms with Gasteiger partial charge in [0.1, 0.15) is 0 Å². The third-order valence-electron chi connectivity index (χ3n) is 3.02. The highest BCUT2D eigenvalue weighted by Crippen LogP contribution is 2.25. The normalized spacial score (nSPS) is 11.4. The van der Waals surface area contributed by atoms with Crippen molar-refractivity contribution < 1.29 is 8.42 Å². The van der Waals surface area contributed by atoms with Gasteiger partial charge in [0.15, 0.2) is 0 Å². The first-order chi connectivity index (χ1) is 9.29. The van der Waals surface area contributed by atoms with Crippen molar-refractivity contribution in [3.05, 3.63) is 58.1 Å². The number of hydrogen-bond donors (Lipinski definition) is 1. The van der Waals surface area contributed by atoms with Gasteiger partial charge < -0.3 is 0 Å². The molecule has 106 valence electrons. The Hall–Kier alpha value is -1.52. The highest BCUT2D eigenvalue weighted by atomic mass is 35.5. The van der Waals surface area contributed by atoms with Gasteiger partial charge >= 0.3 is 0 Å². The number of nitrogens with one attached hydrogen (secondary N) is 1. The average Bonchev–Trinajstić information content (AvgIpc) is 2.34. The molecule has 1 N–H and O–H groups in total. The molecule has 5 heteroatoms. The van der Waals surface area contributed by atoms with Crippen LogP contribution in [0.1, 0.15) is 16.7 Å². The maximum absolute atomic E-state index is 12.4. The molecular formula is C15H16ClNO2S. The van der Waals surface area contributed by atoms with Crippen molar-refractivity contribution in [2.75, 3.05) is 4.72 Å². The van der Waals surface area contributed by atoms with E-state index in [9.17, 15) is 8.42 Å². The Kier molecular flexibility index (Phi) is 4.06. The van der Waals surface area contributed by atoms with E-state index in [2.05, 4.69) is 4.72 Å². The Morgan fingerprint density at radius 2 is 1.60 bits per heavy atom. The van der Waals surface area contributed by atoms with Crippen LogP contribution in [-0.2, 0) is 10.0 Å². The van der Waals surface area contributed by atoms with E-state index in [1.165, 1.54) is 12.1 Å². The lowest BCUT2D eigenvalue weighted by atomic mass is 10.1. The lowest BCUT2D eigenvalue weighted by molar-refractivity contribution is 0.601. The summed E-state index contributed by atoms with van der Waals surface area (Å²) in [6.45, 7) is 5.75. The van der Waals surface area contributed by atoms with Crippen molar-refractivity contribution in [3.8, 4) is 0 Å². The van der Waals surface area contributed by atoms with E-state index in [-0.39, 0.29) is 4.90 Å². The van der Waals surface area contributed by atoms with Crippen molar-refractivity contribution in [2.24, 2.45) is 0 Å². The first-order valence-corrected chi connectivity index (χ1v) is 8.02. The molecule has 0 aliphatic rings. The average molecular weight is 310 g/mol. The highest BCUT2D eigenvalue weighted by molar-refractivity contribution is 7.92. The van der Waals surface area contributed by atoms with E-state index >= 15 is 0 Å². The number of hydrogen-bond acceptors (Lipinski definition) is 2. The molecule has 0 spiro atoms. The molecule has 0 bridgehead atoms. The minimum Gasteiger partial charge on any atom is -0.279 e. The molecule has 0 saturated heterocycles. The van der Waals surface area contributed by atoms with Gasteiger partial charge in [0, 0.05) is 5.02 Å². The third-order valence-corrected chi connectivity index (χ3v) is 4.60. The molecule has 0 aromatic heterocycles. The smallest absolute Gasteiger partial charge is 0.261 e. The van der Waals surface area contributed by atoms with Gasteiger partial charge in [-0.3, -0.25) is 4.72 Å². The molecule has 0 aliphatic carbocycles. The van der Waals surface area contributed by atoms with E-state index in [0.29, 0.717) is 10.7 Å². The van der Waals surface area contributed by atoms with E-state index in [4.69, 9.17) is 11.6 Å². The van der Waals surface area contributed by atoms with Crippen molar-refractivity contribution in [1.29, 1.82) is 0 Å². The Balaban J connectivity index is 2.44. The lowest BCUT2D eigenvalue weighted by Crippen LogP contribution is -2.14. The first-order valence-electron chi connectivity index (χ1n) is 6.16. The maximum Gasteiger partial charge on any atom is 0.261 e. The number of halogens is 1. The van der Waals surface area contributed by atoms with Crippen molar-refractivity contribution in [1.82, 2.24) is 0 Å². The number of anilines is 1. The monoisotopic (exact) mass is 309 g/mol. The summed E-state index contributed by atoms with van der Waals surface area (Å²) in [7, 11) is -3.63. The summed E-state index contributed by atoms with van der Waals surface area (Å²) < 4.78 is 27.4. The van der Waals surface area contributed by atoms with Crippen molar-refractivity contribution >= 4 is 27.3 Å². The van der Waals surface area contributed by atoms with Crippen LogP contribution >= 0.6 is 11.6 Å². The molecule has 0 amide bonds. The standard InChI is InChI=1S/C15H16ClNO2S/c1-10-7-11(2)15(12(3)8-10)17-20(18,19)14-6-4-5-13(16)9-14/h4-9,17H,1-3H3. The fourth-order valence-corrected chi connectivity index (χ4v) is 3.67. The Morgan fingerprint density at radius 1 is 1.00 bits per heavy atom. The Bertz CT molecular complexity index is 731. The van der Waals surface area contributed by atoms with Gasteiger partial charge in [0.25, 0.3) is 10.0 Å². The van der Waals surface area contributed by atoms with Crippen LogP contribution in [0.25, 0.3) is 0 Å². The number of sulfonamides is 1. The minimum absolute atomic E-state index is 0.157. The third kappa shape index (κ3) is 3.14. The fraction of sp³-hybridized carbons (Fsp3) is 0.200. The summed E-state index contributed by atoms with van der Waals surface area (Å²) in [6.07, 6.45) is 0. The molecule has 0 unspecified atom stereocenters. The SMILES string of the molecule is Cc1cc(C)c(NS(=O)(=O)c2cccc(Cl)c2)c(C)c1. The summed E-state index contributed by atoms with van der Waals surface area (Å²) >= 11 is 5.84. The van der Waals surface area contributed by atoms with Gasteiger partial charge in [-0.2, -0.15) is 0 Å². The maximum atomic E-state index is 12.4. The zero-order valence-electron chi connectivity index (χ0n) is 11.6. The fourth-order valence-electron chi connectivity index (χ4n) is 2.17. The molecule has 3 nitrogen and oxygen atoms in total. The van der Waals surface area contributed by atoms with Crippen LogP contribution in [0.3, 0.4) is 0 Å². The van der Waals surface area contributed by atoms with Crippen LogP contribution in [0.2, 0.25) is 5.02 Å². The quantitative estimate of drug-likeness (QED) is 0.929. The molecular weight excluding hydrogens is 294 g/mol. The van der Waals surface area contributed by atoms with E-state index in [1.807, 2.05) is 32.9 Å². The summed E-state index contributed by atoms with van der Waals surface area (Å²) in [6, 6.07) is 10.1. The van der Waals surface area contributed by atoms with Gasteiger partial charge in [0.05, 0.1) is 10.6 Å². The molecule has 0 radical (unpaired) electrons. The Morgan fingerprint density at radius 3 is 2.15 bits per heavy atom. The summed E-state index contributed by atoms with van der Waals surface area (Å²) in [4.78, 5) is 0.157. The topological polar surface area (TPSA) is 46.2 Å². The van der Waals surface area contributed by atoms with Crippen LogP contribution in [0.4, 0.5) is 5.69 Å². The van der Waals surface area contributed by atoms with Gasteiger partial charge in [0.2, 0.25) is 0 Å². The number of rotatable bonds is 3. The number of benzene rings is 2. The molecule has 0 fully saturated rings. The van der Waals surface area contributed by atoms with Crippen molar-refractivity contribution in [2.45, 2.75) is 25.7 Å². The van der Waals surface area contributed by atoms with Crippen LogP contribution in [0, 0.1) is 20.8 Å². The second-order valence-electron chi connectivity index (χ2n) is 4.84. The van der Waals surface area contributed by atoms with Gasteiger partial charge in [-0.25, -0.2) is 8.42 Å². The van der Waals surface area contributed by atoms with Gasteiger partial charge in [-0.05, 0) is 50.1 Å². The van der Waals surface area contributed by atoms with Gasteiger partial charge in [-0.1, -0.05) is 35.4 Å². The largest absolute Gasteiger partial charge is 0.279 e. The second kappa shape index (κ2) is 5.46. The van der Waals surface area contributed by atoms with Crippen molar-refractivity contribution in [3.63, 3.8) is 0 Å². The van der Waals surface area contributed by atoms with Crippen LogP contribution in [-0.4, -0.2) is 8.42 Å². The highest BCUT2D eigenvalue weighted by Gasteiger charge is 2.17. The first kappa shape index (κ1) is 14.9. The summed E-state index contributed by atoms with van der Waals surface area (Å²) in [5.41, 5.74) is 3.52. The second-order valence-corrected chi connectivity index (χ2v) is 6.96. The molecule has 0 saturated carbocycles. The molecule has 0 heterocycles. The number of aryl methyl sites for hydroxylation is 3. The van der Waals surface area contributed by atoms with Gasteiger partial charge in [-0.15, -0.1) is 0 Å². The van der Waals surface area contributed by atoms with Crippen LogP contribution in [0.5, 0.6) is 0 Å². The molecule has 2 aromatic carbocycles.